The number of hydrogen-bond acceptors (Lipinski definition) is 3. The first-order valence-corrected chi connectivity index (χ1v) is 6.44. The summed E-state index contributed by atoms with van der Waals surface area (Å²) in [5.41, 5.74) is 5.38. The molecule has 0 aromatic heterocycles. The smallest absolute Gasteiger partial charge is 0.222 e. The lowest BCUT2D eigenvalue weighted by Crippen LogP contribution is -2.50. The van der Waals surface area contributed by atoms with Crippen LogP contribution in [0, 0.1) is 0 Å². The van der Waals surface area contributed by atoms with E-state index in [1.54, 1.807) is 0 Å². The molecule has 1 heterocycles. The van der Waals surface area contributed by atoms with Crippen LogP contribution in [0.15, 0.2) is 0 Å². The molecule has 1 fully saturated rings. The summed E-state index contributed by atoms with van der Waals surface area (Å²) in [4.78, 5) is 27.1. The molecule has 2 amide bonds. The topological polar surface area (TPSA) is 66.6 Å². The number of hydrogen-bond donors (Lipinski definition) is 1. The predicted octanol–water partition coefficient (Wildman–Crippen LogP) is 0.196. The van der Waals surface area contributed by atoms with Crippen molar-refractivity contribution >= 4 is 11.8 Å². The summed E-state index contributed by atoms with van der Waals surface area (Å²) in [6, 6.07) is 0. The molecule has 1 aliphatic rings. The van der Waals surface area contributed by atoms with Gasteiger partial charge in [0.1, 0.15) is 0 Å². The Bertz CT molecular complexity index is 260. The quantitative estimate of drug-likeness (QED) is 0.747. The van der Waals surface area contributed by atoms with Gasteiger partial charge in [0.2, 0.25) is 11.8 Å². The second-order valence-electron chi connectivity index (χ2n) is 4.40. The first-order chi connectivity index (χ1) is 8.19. The monoisotopic (exact) mass is 241 g/mol. The summed E-state index contributed by atoms with van der Waals surface area (Å²) in [6.07, 6.45) is 2.77. The van der Waals surface area contributed by atoms with Crippen LogP contribution >= 0.6 is 0 Å². The maximum Gasteiger partial charge on any atom is 0.222 e. The Labute approximate surface area is 103 Å². The van der Waals surface area contributed by atoms with Crippen molar-refractivity contribution in [3.05, 3.63) is 0 Å². The van der Waals surface area contributed by atoms with Crippen molar-refractivity contribution in [2.45, 2.75) is 32.6 Å². The molecule has 0 aliphatic carbocycles. The molecule has 0 atom stereocenters. The van der Waals surface area contributed by atoms with Crippen molar-refractivity contribution in [2.75, 3.05) is 32.7 Å². The summed E-state index contributed by atoms with van der Waals surface area (Å²) in [5, 5.41) is 0. The lowest BCUT2D eigenvalue weighted by Gasteiger charge is -2.34. The van der Waals surface area contributed by atoms with Crippen LogP contribution in [0.4, 0.5) is 0 Å². The normalized spacial score (nSPS) is 16.1. The van der Waals surface area contributed by atoms with E-state index in [0.717, 1.165) is 12.8 Å². The van der Waals surface area contributed by atoms with E-state index in [1.807, 2.05) is 16.7 Å². The van der Waals surface area contributed by atoms with E-state index in [0.29, 0.717) is 45.6 Å². The van der Waals surface area contributed by atoms with Gasteiger partial charge in [0.05, 0.1) is 0 Å². The summed E-state index contributed by atoms with van der Waals surface area (Å²) in [5.74, 6) is 0.375. The van der Waals surface area contributed by atoms with E-state index in [2.05, 4.69) is 0 Å². The highest BCUT2D eigenvalue weighted by atomic mass is 16.2. The molecule has 5 heteroatoms. The van der Waals surface area contributed by atoms with Crippen LogP contribution in [0.25, 0.3) is 0 Å². The number of carbonyl (C=O) groups is 2. The minimum Gasteiger partial charge on any atom is -0.339 e. The Kier molecular flexibility index (Phi) is 5.97. The fourth-order valence-corrected chi connectivity index (χ4v) is 1.99. The van der Waals surface area contributed by atoms with E-state index in [1.165, 1.54) is 0 Å². The first kappa shape index (κ1) is 14.0. The van der Waals surface area contributed by atoms with Gasteiger partial charge in [0.25, 0.3) is 0 Å². The van der Waals surface area contributed by atoms with E-state index in [9.17, 15) is 9.59 Å². The van der Waals surface area contributed by atoms with Crippen LogP contribution < -0.4 is 5.73 Å². The molecular formula is C12H23N3O2. The molecule has 1 saturated heterocycles. The third-order valence-corrected chi connectivity index (χ3v) is 3.04. The standard InChI is InChI=1S/C12H23N3O2/c1-2-4-11(16)14-7-9-15(10-8-14)12(17)5-3-6-13/h2-10,13H2,1H3. The van der Waals surface area contributed by atoms with Gasteiger partial charge in [0, 0.05) is 39.0 Å². The Morgan fingerprint density at radius 3 is 1.88 bits per heavy atom. The highest BCUT2D eigenvalue weighted by Crippen LogP contribution is 2.07. The molecular weight excluding hydrogens is 218 g/mol. The van der Waals surface area contributed by atoms with Gasteiger partial charge in [-0.05, 0) is 19.4 Å². The van der Waals surface area contributed by atoms with Gasteiger partial charge in [-0.3, -0.25) is 9.59 Å². The molecule has 98 valence electrons. The number of nitrogens with zero attached hydrogens (tertiary/aromatic N) is 2. The van der Waals surface area contributed by atoms with Gasteiger partial charge >= 0.3 is 0 Å². The third-order valence-electron chi connectivity index (χ3n) is 3.04. The van der Waals surface area contributed by atoms with Crippen LogP contribution in [0.5, 0.6) is 0 Å². The van der Waals surface area contributed by atoms with Crippen LogP contribution in [0.3, 0.4) is 0 Å². The van der Waals surface area contributed by atoms with Gasteiger partial charge in [-0.1, -0.05) is 6.92 Å². The molecule has 2 N–H and O–H groups in total. The van der Waals surface area contributed by atoms with Crippen molar-refractivity contribution in [3.63, 3.8) is 0 Å². The zero-order valence-corrected chi connectivity index (χ0v) is 10.7. The Morgan fingerprint density at radius 1 is 1.00 bits per heavy atom. The lowest BCUT2D eigenvalue weighted by molar-refractivity contribution is -0.139. The van der Waals surface area contributed by atoms with Crippen molar-refractivity contribution in [2.24, 2.45) is 5.73 Å². The Balaban J connectivity index is 2.30. The maximum absolute atomic E-state index is 11.7. The first-order valence-electron chi connectivity index (χ1n) is 6.44. The van der Waals surface area contributed by atoms with Crippen molar-refractivity contribution < 1.29 is 9.59 Å². The fourth-order valence-electron chi connectivity index (χ4n) is 1.99. The number of rotatable bonds is 5. The van der Waals surface area contributed by atoms with Gasteiger partial charge in [0.15, 0.2) is 0 Å². The molecule has 0 bridgehead atoms. The van der Waals surface area contributed by atoms with Gasteiger partial charge in [-0.2, -0.15) is 0 Å². The van der Waals surface area contributed by atoms with E-state index < -0.39 is 0 Å². The average Bonchev–Trinajstić information content (AvgIpc) is 2.36. The highest BCUT2D eigenvalue weighted by molar-refractivity contribution is 5.78. The summed E-state index contributed by atoms with van der Waals surface area (Å²) >= 11 is 0. The van der Waals surface area contributed by atoms with Crippen molar-refractivity contribution in [1.82, 2.24) is 9.80 Å². The third kappa shape index (κ3) is 4.34. The molecule has 0 aromatic carbocycles. The molecule has 0 unspecified atom stereocenters. The van der Waals surface area contributed by atoms with Crippen molar-refractivity contribution in [3.8, 4) is 0 Å². The minimum absolute atomic E-state index is 0.165. The number of carbonyl (C=O) groups excluding carboxylic acids is 2. The van der Waals surface area contributed by atoms with Crippen LogP contribution in [-0.4, -0.2) is 54.3 Å². The number of amides is 2. The zero-order chi connectivity index (χ0) is 12.7. The molecule has 0 saturated carbocycles. The number of piperazine rings is 1. The Morgan fingerprint density at radius 2 is 1.47 bits per heavy atom. The second-order valence-corrected chi connectivity index (χ2v) is 4.40. The molecule has 5 nitrogen and oxygen atoms in total. The highest BCUT2D eigenvalue weighted by Gasteiger charge is 2.22. The summed E-state index contributed by atoms with van der Waals surface area (Å²) in [7, 11) is 0. The Hall–Kier alpha value is -1.10. The van der Waals surface area contributed by atoms with E-state index in [-0.39, 0.29) is 11.8 Å². The molecule has 0 radical (unpaired) electrons. The molecule has 0 aromatic rings. The largest absolute Gasteiger partial charge is 0.339 e. The molecule has 0 spiro atoms. The van der Waals surface area contributed by atoms with Crippen molar-refractivity contribution in [1.29, 1.82) is 0 Å². The summed E-state index contributed by atoms with van der Waals surface area (Å²) in [6.45, 7) is 5.24. The minimum atomic E-state index is 0.165. The molecule has 1 aliphatic heterocycles. The predicted molar refractivity (Wildman–Crippen MR) is 66.4 cm³/mol. The van der Waals surface area contributed by atoms with E-state index >= 15 is 0 Å². The maximum atomic E-state index is 11.7. The fraction of sp³-hybridized carbons (Fsp3) is 0.833. The van der Waals surface area contributed by atoms with Gasteiger partial charge in [-0.25, -0.2) is 0 Å². The van der Waals surface area contributed by atoms with E-state index in [4.69, 9.17) is 5.73 Å². The molecule has 1 rings (SSSR count). The van der Waals surface area contributed by atoms with Crippen LogP contribution in [-0.2, 0) is 9.59 Å². The molecule has 17 heavy (non-hydrogen) atoms. The number of nitrogens with two attached hydrogens (primary N) is 1. The average molecular weight is 241 g/mol. The van der Waals surface area contributed by atoms with Crippen LogP contribution in [0.2, 0.25) is 0 Å². The summed E-state index contributed by atoms with van der Waals surface area (Å²) < 4.78 is 0. The SMILES string of the molecule is CCCC(=O)N1CCN(C(=O)CCCN)CC1. The lowest BCUT2D eigenvalue weighted by atomic mass is 10.2. The zero-order valence-electron chi connectivity index (χ0n) is 10.7. The van der Waals surface area contributed by atoms with Crippen LogP contribution in [0.1, 0.15) is 32.6 Å². The van der Waals surface area contributed by atoms with Gasteiger partial charge in [-0.15, -0.1) is 0 Å². The van der Waals surface area contributed by atoms with Gasteiger partial charge < -0.3 is 15.5 Å². The second kappa shape index (κ2) is 7.27.